The summed E-state index contributed by atoms with van der Waals surface area (Å²) >= 11 is 0. The zero-order valence-electron chi connectivity index (χ0n) is 12.9. The van der Waals surface area contributed by atoms with Crippen LogP contribution in [0.2, 0.25) is 0 Å². The lowest BCUT2D eigenvalue weighted by Crippen LogP contribution is -2.11. The quantitative estimate of drug-likeness (QED) is 0.807. The summed E-state index contributed by atoms with van der Waals surface area (Å²) in [4.78, 5) is 4.08. The van der Waals surface area contributed by atoms with Gasteiger partial charge in [-0.1, -0.05) is 18.2 Å². The van der Waals surface area contributed by atoms with Crippen LogP contribution in [0.5, 0.6) is 0 Å². The van der Waals surface area contributed by atoms with Gasteiger partial charge in [-0.05, 0) is 37.6 Å². The molecule has 114 valence electrons. The number of nitrogens with zero attached hydrogens (tertiary/aromatic N) is 4. The van der Waals surface area contributed by atoms with Crippen LogP contribution in [0.15, 0.2) is 48.8 Å². The fourth-order valence-electron chi connectivity index (χ4n) is 2.61. The minimum Gasteiger partial charge on any atom is -0.382 e. The second-order valence-corrected chi connectivity index (χ2v) is 5.34. The lowest BCUT2D eigenvalue weighted by Gasteiger charge is -2.16. The monoisotopic (exact) mass is 304 g/mol. The van der Waals surface area contributed by atoms with E-state index in [1.54, 1.807) is 24.0 Å². The van der Waals surface area contributed by atoms with E-state index in [4.69, 9.17) is 0 Å². The van der Waals surface area contributed by atoms with Gasteiger partial charge in [0.15, 0.2) is 0 Å². The second-order valence-electron chi connectivity index (χ2n) is 5.34. The van der Waals surface area contributed by atoms with Crippen molar-refractivity contribution in [2.45, 2.75) is 20.0 Å². The van der Waals surface area contributed by atoms with Crippen molar-refractivity contribution in [3.63, 3.8) is 0 Å². The zero-order chi connectivity index (χ0) is 16.4. The molecular weight excluding hydrogens is 288 g/mol. The number of para-hydroxylation sites is 1. The third kappa shape index (κ3) is 2.60. The first-order valence-corrected chi connectivity index (χ1v) is 7.27. The number of benzene rings is 1. The van der Waals surface area contributed by atoms with Crippen molar-refractivity contribution < 1.29 is 5.11 Å². The van der Waals surface area contributed by atoms with Crippen LogP contribution in [0, 0.1) is 25.2 Å². The minimum absolute atomic E-state index is 0.393. The molecule has 1 unspecified atom stereocenters. The number of rotatable bonds is 3. The largest absolute Gasteiger partial charge is 0.382 e. The van der Waals surface area contributed by atoms with Crippen LogP contribution in [-0.4, -0.2) is 19.9 Å². The van der Waals surface area contributed by atoms with Gasteiger partial charge in [0.1, 0.15) is 12.2 Å². The third-order valence-electron chi connectivity index (χ3n) is 3.84. The highest BCUT2D eigenvalue weighted by Gasteiger charge is 2.25. The fraction of sp³-hybridized carbons (Fsp3) is 0.167. The molecule has 0 aliphatic heterocycles. The Labute approximate surface area is 134 Å². The molecule has 23 heavy (non-hydrogen) atoms. The van der Waals surface area contributed by atoms with Gasteiger partial charge in [-0.15, -0.1) is 0 Å². The van der Waals surface area contributed by atoms with Crippen molar-refractivity contribution in [2.24, 2.45) is 0 Å². The predicted octanol–water partition coefficient (Wildman–Crippen LogP) is 2.84. The molecule has 0 radical (unpaired) electrons. The highest BCUT2D eigenvalue weighted by Crippen LogP contribution is 2.30. The maximum absolute atomic E-state index is 10.9. The molecule has 3 aromatic rings. The molecule has 1 aromatic carbocycles. The van der Waals surface area contributed by atoms with E-state index < -0.39 is 6.10 Å². The molecule has 0 saturated heterocycles. The highest BCUT2D eigenvalue weighted by molar-refractivity contribution is 5.47. The number of nitriles is 1. The molecule has 0 fully saturated rings. The maximum atomic E-state index is 10.9. The Morgan fingerprint density at radius 3 is 2.57 bits per heavy atom. The summed E-state index contributed by atoms with van der Waals surface area (Å²) in [6, 6.07) is 13.5. The van der Waals surface area contributed by atoms with Crippen LogP contribution in [0.3, 0.4) is 0 Å². The van der Waals surface area contributed by atoms with E-state index in [1.807, 2.05) is 43.3 Å². The Bertz CT molecular complexity index is 878. The molecule has 0 spiro atoms. The Hall–Kier alpha value is -2.97. The van der Waals surface area contributed by atoms with E-state index in [0.29, 0.717) is 22.5 Å². The normalized spacial score (nSPS) is 11.9. The average Bonchev–Trinajstić information content (AvgIpc) is 2.92. The van der Waals surface area contributed by atoms with Crippen molar-refractivity contribution in [3.05, 3.63) is 76.9 Å². The summed E-state index contributed by atoms with van der Waals surface area (Å²) in [6.07, 6.45) is 2.33. The van der Waals surface area contributed by atoms with Gasteiger partial charge in [-0.25, -0.2) is 4.68 Å². The summed E-state index contributed by atoms with van der Waals surface area (Å²) in [5.41, 5.74) is 3.83. The van der Waals surface area contributed by atoms with E-state index in [-0.39, 0.29) is 0 Å². The Morgan fingerprint density at radius 1 is 1.17 bits per heavy atom. The molecule has 0 amide bonds. The molecular formula is C18H16N4O. The summed E-state index contributed by atoms with van der Waals surface area (Å²) in [6.45, 7) is 3.67. The van der Waals surface area contributed by atoms with Crippen LogP contribution in [0.4, 0.5) is 0 Å². The van der Waals surface area contributed by atoms with Crippen molar-refractivity contribution in [3.8, 4) is 11.8 Å². The fourth-order valence-corrected chi connectivity index (χ4v) is 2.61. The summed E-state index contributed by atoms with van der Waals surface area (Å²) in [7, 11) is 0. The Morgan fingerprint density at radius 2 is 1.91 bits per heavy atom. The molecule has 1 N–H and O–H groups in total. The van der Waals surface area contributed by atoms with Crippen LogP contribution in [0.25, 0.3) is 5.69 Å². The molecule has 5 heteroatoms. The molecule has 2 aromatic heterocycles. The summed E-state index contributed by atoms with van der Waals surface area (Å²) < 4.78 is 1.63. The van der Waals surface area contributed by atoms with Crippen molar-refractivity contribution in [1.29, 1.82) is 5.26 Å². The first-order chi connectivity index (χ1) is 11.1. The van der Waals surface area contributed by atoms with Gasteiger partial charge in [0.2, 0.25) is 0 Å². The van der Waals surface area contributed by atoms with E-state index in [2.05, 4.69) is 16.2 Å². The van der Waals surface area contributed by atoms with Gasteiger partial charge < -0.3 is 5.11 Å². The molecule has 0 aliphatic rings. The van der Waals surface area contributed by atoms with E-state index in [0.717, 1.165) is 11.3 Å². The average molecular weight is 304 g/mol. The second kappa shape index (κ2) is 6.03. The van der Waals surface area contributed by atoms with E-state index in [1.165, 1.54) is 0 Å². The molecule has 5 nitrogen and oxygen atoms in total. The number of aromatic nitrogens is 3. The third-order valence-corrected chi connectivity index (χ3v) is 3.84. The van der Waals surface area contributed by atoms with Gasteiger partial charge in [-0.2, -0.15) is 10.4 Å². The SMILES string of the molecule is Cc1ccncc1C(O)c1c(C#N)c(C)nn1-c1ccccc1. The van der Waals surface area contributed by atoms with Crippen molar-refractivity contribution >= 4 is 0 Å². The number of aryl methyl sites for hydroxylation is 2. The summed E-state index contributed by atoms with van der Waals surface area (Å²) in [5.74, 6) is 0. The number of pyridine rings is 1. The number of aliphatic hydroxyl groups is 1. The molecule has 0 aliphatic carbocycles. The summed E-state index contributed by atoms with van der Waals surface area (Å²) in [5, 5.41) is 24.8. The number of hydrogen-bond donors (Lipinski definition) is 1. The molecule has 2 heterocycles. The molecule has 3 rings (SSSR count). The van der Waals surface area contributed by atoms with Crippen LogP contribution < -0.4 is 0 Å². The minimum atomic E-state index is -0.972. The topological polar surface area (TPSA) is 74.7 Å². The smallest absolute Gasteiger partial charge is 0.124 e. The van der Waals surface area contributed by atoms with E-state index in [9.17, 15) is 10.4 Å². The van der Waals surface area contributed by atoms with Crippen molar-refractivity contribution in [1.82, 2.24) is 14.8 Å². The molecule has 0 saturated carbocycles. The lowest BCUT2D eigenvalue weighted by molar-refractivity contribution is 0.210. The standard InChI is InChI=1S/C18H16N4O/c1-12-8-9-20-11-16(12)18(23)17-15(10-19)13(2)21-22(17)14-6-4-3-5-7-14/h3-9,11,18,23H,1-2H3. The van der Waals surface area contributed by atoms with Gasteiger partial charge >= 0.3 is 0 Å². The van der Waals surface area contributed by atoms with Crippen LogP contribution >= 0.6 is 0 Å². The lowest BCUT2D eigenvalue weighted by atomic mass is 10.0. The van der Waals surface area contributed by atoms with Gasteiger partial charge in [-0.3, -0.25) is 4.98 Å². The highest BCUT2D eigenvalue weighted by atomic mass is 16.3. The van der Waals surface area contributed by atoms with Gasteiger partial charge in [0, 0.05) is 18.0 Å². The first-order valence-electron chi connectivity index (χ1n) is 7.27. The number of aliphatic hydroxyl groups excluding tert-OH is 1. The predicted molar refractivity (Wildman–Crippen MR) is 86.1 cm³/mol. The molecule has 0 bridgehead atoms. The van der Waals surface area contributed by atoms with Gasteiger partial charge in [0.05, 0.1) is 22.6 Å². The molecule has 1 atom stereocenters. The Balaban J connectivity index is 2.22. The van der Waals surface area contributed by atoms with E-state index >= 15 is 0 Å². The van der Waals surface area contributed by atoms with Crippen molar-refractivity contribution in [2.75, 3.05) is 0 Å². The van der Waals surface area contributed by atoms with Gasteiger partial charge in [0.25, 0.3) is 0 Å². The zero-order valence-corrected chi connectivity index (χ0v) is 12.9. The van der Waals surface area contributed by atoms with Crippen LogP contribution in [0.1, 0.15) is 34.2 Å². The maximum Gasteiger partial charge on any atom is 0.124 e. The van der Waals surface area contributed by atoms with Crippen LogP contribution in [-0.2, 0) is 0 Å². The Kier molecular flexibility index (Phi) is 3.92. The number of hydrogen-bond acceptors (Lipinski definition) is 4. The first kappa shape index (κ1) is 14.9.